The summed E-state index contributed by atoms with van der Waals surface area (Å²) in [6, 6.07) is 9.37. The van der Waals surface area contributed by atoms with E-state index < -0.39 is 0 Å². The standard InChI is InChI=1S/C13H17N5OS/c1-10(2)8-18-13(15-16-17-18)20-9-12(19)14-11-6-4-3-5-7-11/h3-7,10H,8-9H2,1-2H3,(H,14,19). The number of nitrogens with zero attached hydrogens (tertiary/aromatic N) is 4. The molecule has 1 aromatic carbocycles. The number of aromatic nitrogens is 4. The molecule has 0 aliphatic rings. The highest BCUT2D eigenvalue weighted by Gasteiger charge is 2.11. The minimum Gasteiger partial charge on any atom is -0.325 e. The van der Waals surface area contributed by atoms with E-state index >= 15 is 0 Å². The molecule has 20 heavy (non-hydrogen) atoms. The summed E-state index contributed by atoms with van der Waals surface area (Å²) < 4.78 is 1.73. The SMILES string of the molecule is CC(C)Cn1nnnc1SCC(=O)Nc1ccccc1. The first-order valence-corrected chi connectivity index (χ1v) is 7.37. The molecule has 1 amide bonds. The lowest BCUT2D eigenvalue weighted by atomic mass is 10.2. The van der Waals surface area contributed by atoms with Crippen molar-refractivity contribution in [3.63, 3.8) is 0 Å². The van der Waals surface area contributed by atoms with Crippen LogP contribution in [0.4, 0.5) is 5.69 Å². The van der Waals surface area contributed by atoms with Gasteiger partial charge in [-0.3, -0.25) is 4.79 Å². The molecule has 0 atom stereocenters. The fourth-order valence-corrected chi connectivity index (χ4v) is 2.30. The van der Waals surface area contributed by atoms with Crippen LogP contribution in [0.25, 0.3) is 0 Å². The number of thioether (sulfide) groups is 1. The highest BCUT2D eigenvalue weighted by molar-refractivity contribution is 7.99. The molecule has 2 aromatic rings. The van der Waals surface area contributed by atoms with Crippen molar-refractivity contribution in [1.29, 1.82) is 0 Å². The average Bonchev–Trinajstić information content (AvgIpc) is 2.84. The third kappa shape index (κ3) is 4.34. The van der Waals surface area contributed by atoms with Gasteiger partial charge in [-0.25, -0.2) is 4.68 Å². The van der Waals surface area contributed by atoms with Crippen LogP contribution in [0.3, 0.4) is 0 Å². The lowest BCUT2D eigenvalue weighted by Gasteiger charge is -2.07. The summed E-state index contributed by atoms with van der Waals surface area (Å²) >= 11 is 1.34. The smallest absolute Gasteiger partial charge is 0.234 e. The van der Waals surface area contributed by atoms with Crippen LogP contribution in [0.15, 0.2) is 35.5 Å². The van der Waals surface area contributed by atoms with E-state index in [-0.39, 0.29) is 11.7 Å². The Balaban J connectivity index is 1.86. The summed E-state index contributed by atoms with van der Waals surface area (Å²) in [5, 5.41) is 15.0. The number of anilines is 1. The number of rotatable bonds is 6. The molecule has 0 unspecified atom stereocenters. The molecule has 1 aromatic heterocycles. The fourth-order valence-electron chi connectivity index (χ4n) is 1.61. The van der Waals surface area contributed by atoms with Gasteiger partial charge in [0.25, 0.3) is 0 Å². The summed E-state index contributed by atoms with van der Waals surface area (Å²) in [7, 11) is 0. The van der Waals surface area contributed by atoms with Crippen LogP contribution < -0.4 is 5.32 Å². The zero-order chi connectivity index (χ0) is 14.4. The van der Waals surface area contributed by atoms with Gasteiger partial charge in [0.05, 0.1) is 5.75 Å². The predicted octanol–water partition coefficient (Wildman–Crippen LogP) is 2.06. The molecule has 0 radical (unpaired) electrons. The van der Waals surface area contributed by atoms with E-state index in [1.54, 1.807) is 4.68 Å². The van der Waals surface area contributed by atoms with Crippen molar-refractivity contribution < 1.29 is 4.79 Å². The zero-order valence-electron chi connectivity index (χ0n) is 11.5. The summed E-state index contributed by atoms with van der Waals surface area (Å²) in [6.45, 7) is 4.94. The number of hydrogen-bond acceptors (Lipinski definition) is 5. The van der Waals surface area contributed by atoms with Crippen LogP contribution in [-0.4, -0.2) is 31.9 Å². The van der Waals surface area contributed by atoms with Crippen LogP contribution in [0.5, 0.6) is 0 Å². The summed E-state index contributed by atoms with van der Waals surface area (Å²) in [5.41, 5.74) is 0.792. The van der Waals surface area contributed by atoms with E-state index in [9.17, 15) is 4.79 Å². The molecule has 1 heterocycles. The third-order valence-corrected chi connectivity index (χ3v) is 3.38. The largest absolute Gasteiger partial charge is 0.325 e. The second kappa shape index (κ2) is 7.04. The van der Waals surface area contributed by atoms with E-state index in [1.807, 2.05) is 30.3 Å². The topological polar surface area (TPSA) is 72.7 Å². The Labute approximate surface area is 121 Å². The van der Waals surface area contributed by atoms with E-state index in [0.29, 0.717) is 11.1 Å². The number of amides is 1. The average molecular weight is 291 g/mol. The maximum Gasteiger partial charge on any atom is 0.234 e. The summed E-state index contributed by atoms with van der Waals surface area (Å²) in [6.07, 6.45) is 0. The van der Waals surface area contributed by atoms with Crippen molar-refractivity contribution >= 4 is 23.4 Å². The molecule has 0 aliphatic carbocycles. The summed E-state index contributed by atoms with van der Waals surface area (Å²) in [4.78, 5) is 11.8. The summed E-state index contributed by atoms with van der Waals surface area (Å²) in [5.74, 6) is 0.671. The molecule has 0 saturated carbocycles. The number of carbonyl (C=O) groups excluding carboxylic acids is 1. The van der Waals surface area contributed by atoms with E-state index in [0.717, 1.165) is 12.2 Å². The fraction of sp³-hybridized carbons (Fsp3) is 0.385. The van der Waals surface area contributed by atoms with Crippen molar-refractivity contribution in [1.82, 2.24) is 20.2 Å². The maximum atomic E-state index is 11.8. The van der Waals surface area contributed by atoms with Crippen molar-refractivity contribution in [2.24, 2.45) is 5.92 Å². The number of benzene rings is 1. The van der Waals surface area contributed by atoms with Crippen molar-refractivity contribution in [2.75, 3.05) is 11.1 Å². The van der Waals surface area contributed by atoms with Gasteiger partial charge in [0.1, 0.15) is 0 Å². The molecule has 106 valence electrons. The third-order valence-electron chi connectivity index (χ3n) is 2.43. The monoisotopic (exact) mass is 291 g/mol. The number of tetrazole rings is 1. The van der Waals surface area contributed by atoms with E-state index in [4.69, 9.17) is 0 Å². The molecule has 1 N–H and O–H groups in total. The van der Waals surface area contributed by atoms with Crippen LogP contribution in [0, 0.1) is 5.92 Å². The first-order chi connectivity index (χ1) is 9.65. The Kier molecular flexibility index (Phi) is 5.11. The van der Waals surface area contributed by atoms with E-state index in [1.165, 1.54) is 11.8 Å². The van der Waals surface area contributed by atoms with Crippen molar-refractivity contribution in [3.05, 3.63) is 30.3 Å². The van der Waals surface area contributed by atoms with Gasteiger partial charge >= 0.3 is 0 Å². The molecule has 7 heteroatoms. The number of nitrogens with one attached hydrogen (secondary N) is 1. The number of hydrogen-bond donors (Lipinski definition) is 1. The molecular weight excluding hydrogens is 274 g/mol. The molecule has 2 rings (SSSR count). The second-order valence-corrected chi connectivity index (χ2v) is 5.68. The van der Waals surface area contributed by atoms with Crippen LogP contribution in [-0.2, 0) is 11.3 Å². The van der Waals surface area contributed by atoms with Crippen LogP contribution in [0.1, 0.15) is 13.8 Å². The quantitative estimate of drug-likeness (QED) is 0.825. The lowest BCUT2D eigenvalue weighted by molar-refractivity contribution is -0.113. The predicted molar refractivity (Wildman–Crippen MR) is 78.5 cm³/mol. The first kappa shape index (κ1) is 14.5. The molecule has 0 bridgehead atoms. The van der Waals surface area contributed by atoms with Gasteiger partial charge in [0, 0.05) is 12.2 Å². The lowest BCUT2D eigenvalue weighted by Crippen LogP contribution is -2.15. The van der Waals surface area contributed by atoms with Crippen molar-refractivity contribution in [3.8, 4) is 0 Å². The number of carbonyl (C=O) groups is 1. The Morgan fingerprint density at radius 1 is 1.35 bits per heavy atom. The first-order valence-electron chi connectivity index (χ1n) is 6.39. The minimum absolute atomic E-state index is 0.0692. The molecular formula is C13H17N5OS. The van der Waals surface area contributed by atoms with Gasteiger partial charge in [-0.2, -0.15) is 0 Å². The van der Waals surface area contributed by atoms with Gasteiger partial charge in [0.15, 0.2) is 0 Å². The Morgan fingerprint density at radius 3 is 2.80 bits per heavy atom. The molecule has 0 spiro atoms. The van der Waals surface area contributed by atoms with Gasteiger partial charge in [-0.15, -0.1) is 5.10 Å². The highest BCUT2D eigenvalue weighted by atomic mass is 32.2. The maximum absolute atomic E-state index is 11.8. The van der Waals surface area contributed by atoms with Crippen LogP contribution in [0.2, 0.25) is 0 Å². The van der Waals surface area contributed by atoms with Gasteiger partial charge in [-0.05, 0) is 28.5 Å². The molecule has 0 fully saturated rings. The normalized spacial score (nSPS) is 10.8. The van der Waals surface area contributed by atoms with Gasteiger partial charge in [0.2, 0.25) is 11.1 Å². The Morgan fingerprint density at radius 2 is 2.10 bits per heavy atom. The second-order valence-electron chi connectivity index (χ2n) is 4.74. The van der Waals surface area contributed by atoms with Gasteiger partial charge in [-0.1, -0.05) is 43.8 Å². The molecule has 6 nitrogen and oxygen atoms in total. The zero-order valence-corrected chi connectivity index (χ0v) is 12.3. The highest BCUT2D eigenvalue weighted by Crippen LogP contribution is 2.15. The van der Waals surface area contributed by atoms with E-state index in [2.05, 4.69) is 34.7 Å². The minimum atomic E-state index is -0.0692. The Bertz CT molecular complexity index is 555. The molecule has 0 aliphatic heterocycles. The van der Waals surface area contributed by atoms with Gasteiger partial charge < -0.3 is 5.32 Å². The Hall–Kier alpha value is -1.89. The molecule has 0 saturated heterocycles. The van der Waals surface area contributed by atoms with Crippen LogP contribution >= 0.6 is 11.8 Å². The number of para-hydroxylation sites is 1. The van der Waals surface area contributed by atoms with Crippen molar-refractivity contribution in [2.45, 2.75) is 25.5 Å².